The molecule has 0 aromatic heterocycles. The van der Waals surface area contributed by atoms with Gasteiger partial charge in [0, 0.05) is 8.41 Å². The van der Waals surface area contributed by atoms with Crippen LogP contribution in [0.5, 0.6) is 0 Å². The standard InChI is InChI=1S/B.Ba.FH.H2O.2H/h;;1H;1H2;;/q;+2;;;2*-1. The summed E-state index contributed by atoms with van der Waals surface area (Å²) in [7, 11) is 0. The van der Waals surface area contributed by atoms with E-state index in [4.69, 9.17) is 0 Å². The van der Waals surface area contributed by atoms with Crippen LogP contribution in [-0.4, -0.2) is 62.8 Å². The molecule has 0 amide bonds. The Morgan fingerprint density at radius 2 is 1.25 bits per heavy atom. The van der Waals surface area contributed by atoms with Crippen LogP contribution in [0.4, 0.5) is 4.70 Å². The molecular weight excluding hydrogens is 183 g/mol. The van der Waals surface area contributed by atoms with Crippen LogP contribution in [0.25, 0.3) is 0 Å². The maximum absolute atomic E-state index is 0. The van der Waals surface area contributed by atoms with Crippen LogP contribution in [0.15, 0.2) is 0 Å². The monoisotopic (exact) mass is 189 g/mol. The van der Waals surface area contributed by atoms with Crippen LogP contribution in [0.2, 0.25) is 0 Å². The van der Waals surface area contributed by atoms with E-state index in [-0.39, 0.29) is 70.3 Å². The number of halogens is 1. The smallest absolute Gasteiger partial charge is 1.00 e. The predicted molar refractivity (Wildman–Crippen MR) is 19.8 cm³/mol. The fraction of sp³-hybridized carbons (Fsp3) is 0. The zero-order chi connectivity index (χ0) is 0. The number of rotatable bonds is 0. The van der Waals surface area contributed by atoms with E-state index >= 15 is 0 Å². The Labute approximate surface area is 69.4 Å². The molecule has 1 nitrogen and oxygen atoms in total. The Hall–Kier alpha value is 1.53. The second-order valence-corrected chi connectivity index (χ2v) is 0. The van der Waals surface area contributed by atoms with E-state index in [0.717, 1.165) is 0 Å². The Morgan fingerprint density at radius 1 is 1.25 bits per heavy atom. The van der Waals surface area contributed by atoms with Crippen molar-refractivity contribution in [3.63, 3.8) is 0 Å². The molecule has 0 aromatic carbocycles. The molecular formula is H5BBaFO. The van der Waals surface area contributed by atoms with E-state index in [9.17, 15) is 0 Å². The molecule has 0 aliphatic carbocycles. The first-order valence-electron chi connectivity index (χ1n) is 0. The van der Waals surface area contributed by atoms with E-state index in [1.165, 1.54) is 0 Å². The van der Waals surface area contributed by atoms with Crippen molar-refractivity contribution in [2.45, 2.75) is 0 Å². The Bertz CT molecular complexity index is 13.5. The van der Waals surface area contributed by atoms with Crippen LogP contribution in [-0.2, 0) is 0 Å². The van der Waals surface area contributed by atoms with Crippen molar-refractivity contribution in [1.29, 1.82) is 0 Å². The molecule has 0 fully saturated rings. The molecule has 0 aromatic rings. The minimum atomic E-state index is 0. The molecule has 2 N–H and O–H groups in total. The molecule has 4 heteroatoms. The molecule has 0 unspecified atom stereocenters. The first kappa shape index (κ1) is 48.6. The minimum absolute atomic E-state index is 0. The molecule has 0 saturated carbocycles. The zero-order valence-electron chi connectivity index (χ0n) is 4.19. The summed E-state index contributed by atoms with van der Waals surface area (Å²) in [5.41, 5.74) is 0. The summed E-state index contributed by atoms with van der Waals surface area (Å²) in [6.45, 7) is 0. The van der Waals surface area contributed by atoms with Gasteiger partial charge in [0.1, 0.15) is 0 Å². The SMILES string of the molecule is F.O.[B].[Ba+2].[H-].[H-]. The van der Waals surface area contributed by atoms with Gasteiger partial charge in [-0.2, -0.15) is 0 Å². The third kappa shape index (κ3) is 9.66. The molecule has 3 radical (unpaired) electrons. The Balaban J connectivity index is 0. The second kappa shape index (κ2) is 24.2. The molecule has 4 heavy (non-hydrogen) atoms. The van der Waals surface area contributed by atoms with E-state index in [2.05, 4.69) is 0 Å². The number of hydrogen-bond donors (Lipinski definition) is 0. The Kier molecular flexibility index (Phi) is 294. The zero-order valence-corrected chi connectivity index (χ0v) is 6.63. The summed E-state index contributed by atoms with van der Waals surface area (Å²) in [6, 6.07) is 0. The van der Waals surface area contributed by atoms with Gasteiger partial charge in [-0.3, -0.25) is 4.70 Å². The van der Waals surface area contributed by atoms with Crippen molar-refractivity contribution in [3.8, 4) is 0 Å². The van der Waals surface area contributed by atoms with Crippen LogP contribution in [0, 0.1) is 0 Å². The topological polar surface area (TPSA) is 31.5 Å². The maximum Gasteiger partial charge on any atom is 2.00 e. The van der Waals surface area contributed by atoms with Crippen LogP contribution >= 0.6 is 0 Å². The summed E-state index contributed by atoms with van der Waals surface area (Å²) >= 11 is 0. The van der Waals surface area contributed by atoms with E-state index in [1.807, 2.05) is 0 Å². The molecule has 0 saturated heterocycles. The van der Waals surface area contributed by atoms with Crippen LogP contribution in [0.1, 0.15) is 2.85 Å². The summed E-state index contributed by atoms with van der Waals surface area (Å²) in [5.74, 6) is 0. The Morgan fingerprint density at radius 3 is 1.25 bits per heavy atom. The van der Waals surface area contributed by atoms with Gasteiger partial charge in [-0.05, 0) is 0 Å². The first-order valence-corrected chi connectivity index (χ1v) is 0. The molecule has 0 spiro atoms. The van der Waals surface area contributed by atoms with Gasteiger partial charge in [-0.15, -0.1) is 0 Å². The molecule has 0 aliphatic heterocycles. The normalized spacial score (nSPS) is 0. The van der Waals surface area contributed by atoms with Crippen molar-refractivity contribution < 1.29 is 13.0 Å². The van der Waals surface area contributed by atoms with Gasteiger partial charge in [-0.1, -0.05) is 0 Å². The van der Waals surface area contributed by atoms with Gasteiger partial charge < -0.3 is 8.33 Å². The van der Waals surface area contributed by atoms with E-state index in [0.29, 0.717) is 0 Å². The third-order valence-electron chi connectivity index (χ3n) is 0. The summed E-state index contributed by atoms with van der Waals surface area (Å²) in [4.78, 5) is 0. The maximum atomic E-state index is 0. The van der Waals surface area contributed by atoms with E-state index < -0.39 is 0 Å². The van der Waals surface area contributed by atoms with Gasteiger partial charge >= 0.3 is 48.9 Å². The molecule has 23 valence electrons. The summed E-state index contributed by atoms with van der Waals surface area (Å²) in [6.07, 6.45) is 0. The predicted octanol–water partition coefficient (Wildman–Crippen LogP) is -1.21. The minimum Gasteiger partial charge on any atom is -1.00 e. The van der Waals surface area contributed by atoms with Gasteiger partial charge in [0.15, 0.2) is 0 Å². The quantitative estimate of drug-likeness (QED) is 0.427. The number of hydrogen-bond acceptors (Lipinski definition) is 0. The van der Waals surface area contributed by atoms with Gasteiger partial charge in [-0.25, -0.2) is 0 Å². The van der Waals surface area contributed by atoms with E-state index in [1.54, 1.807) is 0 Å². The average Bonchev–Trinajstić information content (AvgIpc) is 0. The van der Waals surface area contributed by atoms with Crippen LogP contribution < -0.4 is 0 Å². The summed E-state index contributed by atoms with van der Waals surface area (Å²) < 4.78 is 0. The first-order chi connectivity index (χ1) is 0. The van der Waals surface area contributed by atoms with Crippen molar-refractivity contribution in [2.24, 2.45) is 0 Å². The summed E-state index contributed by atoms with van der Waals surface area (Å²) in [5, 5.41) is 0. The van der Waals surface area contributed by atoms with Crippen LogP contribution in [0.3, 0.4) is 0 Å². The van der Waals surface area contributed by atoms with Crippen molar-refractivity contribution >= 4 is 57.3 Å². The molecule has 0 aliphatic rings. The molecule has 0 rings (SSSR count). The van der Waals surface area contributed by atoms with Gasteiger partial charge in [0.2, 0.25) is 0 Å². The molecule has 0 atom stereocenters. The van der Waals surface area contributed by atoms with Crippen molar-refractivity contribution in [3.05, 3.63) is 0 Å². The van der Waals surface area contributed by atoms with Crippen molar-refractivity contribution in [2.75, 3.05) is 0 Å². The molecule has 0 heterocycles. The van der Waals surface area contributed by atoms with Crippen molar-refractivity contribution in [1.82, 2.24) is 0 Å². The van der Waals surface area contributed by atoms with Gasteiger partial charge in [0.25, 0.3) is 0 Å². The largest absolute Gasteiger partial charge is 2.00 e. The van der Waals surface area contributed by atoms with Gasteiger partial charge in [0.05, 0.1) is 0 Å². The molecule has 0 bridgehead atoms. The average molecular weight is 188 g/mol. The third-order valence-corrected chi connectivity index (χ3v) is 0. The second-order valence-electron chi connectivity index (χ2n) is 0. The fourth-order valence-corrected chi connectivity index (χ4v) is 0. The fourth-order valence-electron chi connectivity index (χ4n) is 0.